The predicted molar refractivity (Wildman–Crippen MR) is 164 cm³/mol. The van der Waals surface area contributed by atoms with E-state index in [2.05, 4.69) is 21.2 Å². The summed E-state index contributed by atoms with van der Waals surface area (Å²) in [6.07, 6.45) is 3.00. The molecule has 3 aromatic carbocycles. The van der Waals surface area contributed by atoms with Crippen molar-refractivity contribution in [2.45, 2.75) is 35.3 Å². The molecule has 0 bridgehead atoms. The molecule has 1 N–H and O–H groups in total. The second-order valence-electron chi connectivity index (χ2n) is 9.88. The zero-order valence-electron chi connectivity index (χ0n) is 22.9. The van der Waals surface area contributed by atoms with Crippen LogP contribution in [0.4, 0.5) is 8.78 Å². The van der Waals surface area contributed by atoms with Gasteiger partial charge in [0.15, 0.2) is 0 Å². The van der Waals surface area contributed by atoms with Gasteiger partial charge in [0.05, 0.1) is 17.5 Å². The van der Waals surface area contributed by atoms with Gasteiger partial charge in [0.2, 0.25) is 9.84 Å². The van der Waals surface area contributed by atoms with Gasteiger partial charge in [-0.1, -0.05) is 51.8 Å². The van der Waals surface area contributed by atoms with E-state index >= 15 is 4.39 Å². The fourth-order valence-electron chi connectivity index (χ4n) is 4.59. The molecule has 3 atom stereocenters. The number of alkyl halides is 1. The highest BCUT2D eigenvalue weighted by molar-refractivity contribution is 9.10. The van der Waals surface area contributed by atoms with E-state index in [0.717, 1.165) is 22.7 Å². The van der Waals surface area contributed by atoms with E-state index in [1.54, 1.807) is 61.3 Å². The van der Waals surface area contributed by atoms with Crippen molar-refractivity contribution in [2.75, 3.05) is 20.2 Å². The summed E-state index contributed by atoms with van der Waals surface area (Å²) < 4.78 is 64.4. The summed E-state index contributed by atoms with van der Waals surface area (Å²) in [4.78, 5) is 14.0. The monoisotopic (exact) mass is 678 g/mol. The molecule has 42 heavy (non-hydrogen) atoms. The van der Waals surface area contributed by atoms with Crippen molar-refractivity contribution in [3.8, 4) is 5.75 Å². The summed E-state index contributed by atoms with van der Waals surface area (Å²) in [5.74, 6) is -0.371. The Kier molecular flexibility index (Phi) is 10.2. The molecule has 222 valence electrons. The minimum atomic E-state index is -4.60. The largest absolute Gasteiger partial charge is 0.493 e. The summed E-state index contributed by atoms with van der Waals surface area (Å²) >= 11 is 9.26. The van der Waals surface area contributed by atoms with E-state index < -0.39 is 32.7 Å². The van der Waals surface area contributed by atoms with E-state index in [4.69, 9.17) is 16.3 Å². The van der Waals surface area contributed by atoms with Gasteiger partial charge in [-0.2, -0.15) is 0 Å². The highest BCUT2D eigenvalue weighted by Crippen LogP contribution is 2.38. The van der Waals surface area contributed by atoms with Crippen LogP contribution in [-0.2, 0) is 9.84 Å². The Bertz CT molecular complexity index is 1600. The van der Waals surface area contributed by atoms with Crippen LogP contribution in [0.5, 0.6) is 5.75 Å². The molecule has 3 aromatic rings. The van der Waals surface area contributed by atoms with Crippen LogP contribution in [0.1, 0.15) is 35.3 Å². The van der Waals surface area contributed by atoms with Crippen molar-refractivity contribution in [1.29, 1.82) is 0 Å². The fraction of sp³-hybridized carbons (Fsp3) is 0.258. The van der Waals surface area contributed by atoms with Crippen LogP contribution in [-0.4, -0.2) is 50.5 Å². The SMILES string of the molecule is CC(NC1C=C(F)C=CC1(F)S(=O)(=O)c1ccc(Cl)cc1)c1ccccc1OCCCN(C)C(=O)c1cccc(Br)c1. The normalized spacial score (nSPS) is 19.2. The average Bonchev–Trinajstić information content (AvgIpc) is 2.97. The number of halogens is 4. The zero-order valence-corrected chi connectivity index (χ0v) is 26.1. The molecule has 11 heteroatoms. The molecule has 0 fully saturated rings. The van der Waals surface area contributed by atoms with Crippen LogP contribution < -0.4 is 10.1 Å². The van der Waals surface area contributed by atoms with E-state index in [9.17, 15) is 17.6 Å². The molecule has 1 amide bonds. The molecular formula is C31H30BrClF2N2O4S. The number of carbonyl (C=O) groups excluding carboxylic acids is 1. The van der Waals surface area contributed by atoms with Gasteiger partial charge < -0.3 is 9.64 Å². The maximum Gasteiger partial charge on any atom is 0.253 e. The molecule has 0 spiro atoms. The number of sulfone groups is 1. The number of hydrogen-bond acceptors (Lipinski definition) is 5. The van der Waals surface area contributed by atoms with Crippen molar-refractivity contribution in [2.24, 2.45) is 0 Å². The van der Waals surface area contributed by atoms with Crippen LogP contribution >= 0.6 is 27.5 Å². The van der Waals surface area contributed by atoms with Crippen molar-refractivity contribution < 1.29 is 26.7 Å². The third-order valence-corrected chi connectivity index (χ3v) is 9.74. The second kappa shape index (κ2) is 13.5. The summed E-state index contributed by atoms with van der Waals surface area (Å²) in [5.41, 5.74) is 1.20. The molecule has 0 saturated carbocycles. The molecule has 3 unspecified atom stereocenters. The van der Waals surface area contributed by atoms with E-state index in [-0.39, 0.29) is 10.8 Å². The number of ether oxygens (including phenoxy) is 1. The van der Waals surface area contributed by atoms with Gasteiger partial charge in [0, 0.05) is 40.3 Å². The van der Waals surface area contributed by atoms with Crippen LogP contribution in [0.3, 0.4) is 0 Å². The van der Waals surface area contributed by atoms with Gasteiger partial charge >= 0.3 is 0 Å². The van der Waals surface area contributed by atoms with Crippen molar-refractivity contribution >= 4 is 43.3 Å². The number of para-hydroxylation sites is 1. The Labute approximate surface area is 258 Å². The first-order valence-corrected chi connectivity index (χ1v) is 15.8. The Morgan fingerprint density at radius 1 is 1.14 bits per heavy atom. The lowest BCUT2D eigenvalue weighted by Crippen LogP contribution is -2.52. The maximum atomic E-state index is 16.4. The standard InChI is InChI=1S/C31H30BrClF2N2O4S/c1-21(36-29-20-25(34)15-16-31(29,35)42(39,40)26-13-11-24(33)12-14-26)27-9-3-4-10-28(27)41-18-6-17-37(2)30(38)22-7-5-8-23(32)19-22/h3-5,7-16,19-21,29,36H,6,17-18H2,1-2H3. The quantitative estimate of drug-likeness (QED) is 0.217. The third-order valence-electron chi connectivity index (χ3n) is 6.88. The minimum absolute atomic E-state index is 0.111. The lowest BCUT2D eigenvalue weighted by atomic mass is 10.0. The number of rotatable bonds is 11. The Balaban J connectivity index is 1.44. The Morgan fingerprint density at radius 2 is 1.86 bits per heavy atom. The highest BCUT2D eigenvalue weighted by Gasteiger charge is 2.51. The van der Waals surface area contributed by atoms with Gasteiger partial charge in [-0.25, -0.2) is 17.2 Å². The third kappa shape index (κ3) is 7.11. The van der Waals surface area contributed by atoms with Crippen molar-refractivity contribution in [1.82, 2.24) is 10.2 Å². The number of amides is 1. The summed E-state index contributed by atoms with van der Waals surface area (Å²) in [6, 6.07) is 17.2. The van der Waals surface area contributed by atoms with Crippen molar-refractivity contribution in [3.05, 3.63) is 117 Å². The number of hydrogen-bond donors (Lipinski definition) is 1. The maximum absolute atomic E-state index is 16.4. The molecule has 0 aliphatic heterocycles. The number of nitrogens with one attached hydrogen (secondary N) is 1. The molecule has 0 radical (unpaired) electrons. The molecule has 0 heterocycles. The molecule has 6 nitrogen and oxygen atoms in total. The molecule has 0 saturated heterocycles. The van der Waals surface area contributed by atoms with Crippen LogP contribution in [0.2, 0.25) is 5.02 Å². The van der Waals surface area contributed by atoms with Gasteiger partial charge in [-0.15, -0.1) is 0 Å². The topological polar surface area (TPSA) is 75.7 Å². The zero-order chi connectivity index (χ0) is 30.5. The molecule has 1 aliphatic rings. The van der Waals surface area contributed by atoms with Crippen LogP contribution in [0.25, 0.3) is 0 Å². The predicted octanol–water partition coefficient (Wildman–Crippen LogP) is 7.23. The number of carbonyl (C=O) groups is 1. The Hall–Kier alpha value is -3.05. The van der Waals surface area contributed by atoms with E-state index in [0.29, 0.717) is 41.5 Å². The molecule has 0 aromatic heterocycles. The Morgan fingerprint density at radius 3 is 2.57 bits per heavy atom. The first-order chi connectivity index (χ1) is 19.9. The van der Waals surface area contributed by atoms with E-state index in [1.807, 2.05) is 6.07 Å². The summed E-state index contributed by atoms with van der Waals surface area (Å²) in [5, 5.41) is 0.280. The average molecular weight is 680 g/mol. The van der Waals surface area contributed by atoms with Gasteiger partial charge in [0.1, 0.15) is 11.6 Å². The molecular weight excluding hydrogens is 650 g/mol. The number of allylic oxidation sites excluding steroid dienone is 2. The second-order valence-corrected chi connectivity index (χ2v) is 13.3. The minimum Gasteiger partial charge on any atom is -0.493 e. The smallest absolute Gasteiger partial charge is 0.253 e. The van der Waals surface area contributed by atoms with Crippen LogP contribution in [0, 0.1) is 0 Å². The first-order valence-electron chi connectivity index (χ1n) is 13.2. The lowest BCUT2D eigenvalue weighted by Gasteiger charge is -2.34. The lowest BCUT2D eigenvalue weighted by molar-refractivity contribution is 0.0787. The van der Waals surface area contributed by atoms with Crippen LogP contribution in [0.15, 0.2) is 106 Å². The molecule has 1 aliphatic carbocycles. The van der Waals surface area contributed by atoms with E-state index in [1.165, 1.54) is 24.3 Å². The van der Waals surface area contributed by atoms with Gasteiger partial charge in [-0.05, 0) is 80.1 Å². The van der Waals surface area contributed by atoms with Crippen molar-refractivity contribution in [3.63, 3.8) is 0 Å². The molecule has 4 rings (SSSR count). The summed E-state index contributed by atoms with van der Waals surface area (Å²) in [7, 11) is -2.88. The fourth-order valence-corrected chi connectivity index (χ4v) is 6.69. The number of nitrogens with zero attached hydrogens (tertiary/aromatic N) is 1. The first kappa shape index (κ1) is 31.9. The van der Waals surface area contributed by atoms with Gasteiger partial charge in [0.25, 0.3) is 10.9 Å². The highest BCUT2D eigenvalue weighted by atomic mass is 79.9. The summed E-state index contributed by atoms with van der Waals surface area (Å²) in [6.45, 7) is 2.46. The number of benzene rings is 3. The van der Waals surface area contributed by atoms with Gasteiger partial charge in [-0.3, -0.25) is 10.1 Å².